The third-order valence-electron chi connectivity index (χ3n) is 4.95. The summed E-state index contributed by atoms with van der Waals surface area (Å²) in [5.41, 5.74) is 5.63. The Kier molecular flexibility index (Phi) is 5.18. The SMILES string of the molecule is Nc1c(C(=O)CN(Cc2ccccc2)Cc2ccco2)c(=O)[nH]c(=O)n1C1CC1. The molecule has 2 aromatic heterocycles. The van der Waals surface area contributed by atoms with Gasteiger partial charge >= 0.3 is 5.69 Å². The summed E-state index contributed by atoms with van der Waals surface area (Å²) in [6, 6.07) is 13.3. The van der Waals surface area contributed by atoms with Crippen molar-refractivity contribution < 1.29 is 9.21 Å². The van der Waals surface area contributed by atoms with Crippen molar-refractivity contribution in [3.8, 4) is 0 Å². The van der Waals surface area contributed by atoms with E-state index in [4.69, 9.17) is 10.2 Å². The average molecular weight is 394 g/mol. The van der Waals surface area contributed by atoms with Crippen molar-refractivity contribution in [3.63, 3.8) is 0 Å². The van der Waals surface area contributed by atoms with Gasteiger partial charge in [0, 0.05) is 12.6 Å². The van der Waals surface area contributed by atoms with Crippen molar-refractivity contribution in [1.82, 2.24) is 14.5 Å². The number of hydrogen-bond donors (Lipinski definition) is 2. The number of aromatic nitrogens is 2. The van der Waals surface area contributed by atoms with Crippen LogP contribution in [0.4, 0.5) is 5.82 Å². The van der Waals surface area contributed by atoms with E-state index in [1.807, 2.05) is 41.3 Å². The minimum absolute atomic E-state index is 0.0360. The number of furan rings is 1. The molecule has 3 aromatic rings. The van der Waals surface area contributed by atoms with Crippen molar-refractivity contribution in [3.05, 3.63) is 86.5 Å². The zero-order valence-corrected chi connectivity index (χ0v) is 15.8. The summed E-state index contributed by atoms with van der Waals surface area (Å²) < 4.78 is 6.74. The fourth-order valence-corrected chi connectivity index (χ4v) is 3.45. The summed E-state index contributed by atoms with van der Waals surface area (Å²) in [6.07, 6.45) is 3.19. The molecule has 4 rings (SSSR count). The standard InChI is InChI=1S/C21H22N4O4/c22-19-18(20(27)23-21(28)25(19)15-8-9-15)17(26)13-24(12-16-7-4-10-29-16)11-14-5-2-1-3-6-14/h1-7,10,15H,8-9,11-13,22H2,(H,23,27,28). The number of hydrogen-bond acceptors (Lipinski definition) is 6. The molecule has 0 atom stereocenters. The minimum atomic E-state index is -0.743. The molecule has 0 bridgehead atoms. The minimum Gasteiger partial charge on any atom is -0.468 e. The van der Waals surface area contributed by atoms with E-state index in [1.54, 1.807) is 12.3 Å². The molecular weight excluding hydrogens is 372 g/mol. The number of benzene rings is 1. The quantitative estimate of drug-likeness (QED) is 0.564. The smallest absolute Gasteiger partial charge is 0.330 e. The molecule has 3 N–H and O–H groups in total. The Morgan fingerprint density at radius 2 is 1.90 bits per heavy atom. The van der Waals surface area contributed by atoms with E-state index in [-0.39, 0.29) is 24.0 Å². The van der Waals surface area contributed by atoms with Crippen LogP contribution in [0.25, 0.3) is 0 Å². The lowest BCUT2D eigenvalue weighted by molar-refractivity contribution is 0.0913. The Balaban J connectivity index is 1.61. The average Bonchev–Trinajstić information content (AvgIpc) is 3.37. The summed E-state index contributed by atoms with van der Waals surface area (Å²) in [7, 11) is 0. The van der Waals surface area contributed by atoms with Crippen molar-refractivity contribution >= 4 is 11.6 Å². The molecule has 1 fully saturated rings. The maximum atomic E-state index is 13.0. The maximum absolute atomic E-state index is 13.0. The Labute approximate surface area is 166 Å². The van der Waals surface area contributed by atoms with E-state index in [0.717, 1.165) is 18.4 Å². The molecule has 2 heterocycles. The largest absolute Gasteiger partial charge is 0.468 e. The lowest BCUT2D eigenvalue weighted by Crippen LogP contribution is -2.38. The number of nitrogens with zero attached hydrogens (tertiary/aromatic N) is 2. The number of carbonyl (C=O) groups is 1. The van der Waals surface area contributed by atoms with Gasteiger partial charge in [0.05, 0.1) is 19.4 Å². The van der Waals surface area contributed by atoms with Crippen LogP contribution >= 0.6 is 0 Å². The van der Waals surface area contributed by atoms with Gasteiger partial charge < -0.3 is 10.2 Å². The third kappa shape index (κ3) is 4.22. The first-order chi connectivity index (χ1) is 14.0. The predicted molar refractivity (Wildman–Crippen MR) is 108 cm³/mol. The Hall–Kier alpha value is -3.39. The molecule has 0 aliphatic heterocycles. The van der Waals surface area contributed by atoms with Crippen LogP contribution in [0.2, 0.25) is 0 Å². The van der Waals surface area contributed by atoms with Gasteiger partial charge in [-0.2, -0.15) is 0 Å². The van der Waals surface area contributed by atoms with Gasteiger partial charge in [-0.05, 0) is 30.5 Å². The van der Waals surface area contributed by atoms with Gasteiger partial charge in [-0.3, -0.25) is 24.0 Å². The number of rotatable bonds is 8. The van der Waals surface area contributed by atoms with Gasteiger partial charge in [0.15, 0.2) is 5.78 Å². The monoisotopic (exact) mass is 394 g/mol. The number of aromatic amines is 1. The Morgan fingerprint density at radius 3 is 2.55 bits per heavy atom. The van der Waals surface area contributed by atoms with Gasteiger partial charge in [-0.15, -0.1) is 0 Å². The number of H-pyrrole nitrogens is 1. The number of nitrogens with two attached hydrogens (primary N) is 1. The zero-order chi connectivity index (χ0) is 20.4. The van der Waals surface area contributed by atoms with Gasteiger partial charge in [0.1, 0.15) is 17.1 Å². The molecule has 0 unspecified atom stereocenters. The van der Waals surface area contributed by atoms with Crippen LogP contribution in [-0.2, 0) is 13.1 Å². The van der Waals surface area contributed by atoms with Crippen LogP contribution in [0, 0.1) is 0 Å². The van der Waals surface area contributed by atoms with Gasteiger partial charge in [-0.1, -0.05) is 30.3 Å². The second-order valence-corrected chi connectivity index (χ2v) is 7.25. The molecule has 8 heteroatoms. The summed E-state index contributed by atoms with van der Waals surface area (Å²) in [5.74, 6) is 0.225. The maximum Gasteiger partial charge on any atom is 0.330 e. The highest BCUT2D eigenvalue weighted by molar-refractivity contribution is 6.01. The molecule has 150 valence electrons. The molecule has 0 spiro atoms. The summed E-state index contributed by atoms with van der Waals surface area (Å²) in [6.45, 7) is 0.854. The van der Waals surface area contributed by atoms with E-state index >= 15 is 0 Å². The van der Waals surface area contributed by atoms with E-state index in [1.165, 1.54) is 4.57 Å². The number of nitrogens with one attached hydrogen (secondary N) is 1. The zero-order valence-electron chi connectivity index (χ0n) is 15.8. The molecule has 0 amide bonds. The highest BCUT2D eigenvalue weighted by Gasteiger charge is 2.30. The predicted octanol–water partition coefficient (Wildman–Crippen LogP) is 1.93. The molecule has 0 radical (unpaired) electrons. The van der Waals surface area contributed by atoms with Crippen LogP contribution < -0.4 is 17.0 Å². The molecular formula is C21H22N4O4. The first kappa shape index (κ1) is 18.9. The van der Waals surface area contributed by atoms with Crippen LogP contribution in [-0.4, -0.2) is 26.8 Å². The lowest BCUT2D eigenvalue weighted by atomic mass is 10.1. The fraction of sp³-hybridized carbons (Fsp3) is 0.286. The summed E-state index contributed by atoms with van der Waals surface area (Å²) >= 11 is 0. The van der Waals surface area contributed by atoms with Gasteiger partial charge in [-0.25, -0.2) is 4.79 Å². The van der Waals surface area contributed by atoms with Crippen molar-refractivity contribution in [2.75, 3.05) is 12.3 Å². The van der Waals surface area contributed by atoms with E-state index in [9.17, 15) is 14.4 Å². The summed E-state index contributed by atoms with van der Waals surface area (Å²) in [4.78, 5) is 41.6. The number of ketones is 1. The Morgan fingerprint density at radius 1 is 1.14 bits per heavy atom. The number of nitrogen functional groups attached to an aromatic ring is 1. The Bertz CT molecular complexity index is 1110. The van der Waals surface area contributed by atoms with E-state index in [2.05, 4.69) is 4.98 Å². The first-order valence-electron chi connectivity index (χ1n) is 9.49. The number of carbonyl (C=O) groups excluding carboxylic acids is 1. The lowest BCUT2D eigenvalue weighted by Gasteiger charge is -2.21. The van der Waals surface area contributed by atoms with Crippen molar-refractivity contribution in [2.45, 2.75) is 32.0 Å². The highest BCUT2D eigenvalue weighted by atomic mass is 16.3. The van der Waals surface area contributed by atoms with Crippen LogP contribution in [0.1, 0.15) is 40.6 Å². The van der Waals surface area contributed by atoms with Crippen LogP contribution in [0.5, 0.6) is 0 Å². The summed E-state index contributed by atoms with van der Waals surface area (Å²) in [5, 5.41) is 0. The third-order valence-corrected chi connectivity index (χ3v) is 4.95. The highest BCUT2D eigenvalue weighted by Crippen LogP contribution is 2.35. The second kappa shape index (κ2) is 7.92. The molecule has 29 heavy (non-hydrogen) atoms. The molecule has 8 nitrogen and oxygen atoms in total. The van der Waals surface area contributed by atoms with Gasteiger partial charge in [0.2, 0.25) is 0 Å². The van der Waals surface area contributed by atoms with Crippen LogP contribution in [0.15, 0.2) is 62.7 Å². The fourth-order valence-electron chi connectivity index (χ4n) is 3.45. The number of anilines is 1. The molecule has 0 saturated heterocycles. The van der Waals surface area contributed by atoms with E-state index < -0.39 is 17.0 Å². The van der Waals surface area contributed by atoms with Gasteiger partial charge in [0.25, 0.3) is 5.56 Å². The molecule has 1 aliphatic carbocycles. The van der Waals surface area contributed by atoms with Crippen molar-refractivity contribution in [1.29, 1.82) is 0 Å². The second-order valence-electron chi connectivity index (χ2n) is 7.25. The first-order valence-corrected chi connectivity index (χ1v) is 9.49. The van der Waals surface area contributed by atoms with Crippen LogP contribution in [0.3, 0.4) is 0 Å². The van der Waals surface area contributed by atoms with E-state index in [0.29, 0.717) is 18.8 Å². The number of Topliss-reactive ketones (excluding diaryl/α,β-unsaturated/α-hetero) is 1. The topological polar surface area (TPSA) is 114 Å². The molecule has 1 aromatic carbocycles. The van der Waals surface area contributed by atoms with Crippen molar-refractivity contribution in [2.24, 2.45) is 0 Å². The normalized spacial score (nSPS) is 13.7. The molecule has 1 saturated carbocycles. The molecule has 1 aliphatic rings.